The number of nitrogen functional groups attached to an aromatic ring is 1. The molecule has 2 aromatic rings. The van der Waals surface area contributed by atoms with Gasteiger partial charge in [-0.05, 0) is 35.7 Å². The summed E-state index contributed by atoms with van der Waals surface area (Å²) in [5.74, 6) is -0.0796. The van der Waals surface area contributed by atoms with Gasteiger partial charge in [-0.25, -0.2) is 0 Å². The number of amides is 1. The highest BCUT2D eigenvalue weighted by Crippen LogP contribution is 2.20. The molecular formula is C13H15N3OS. The van der Waals surface area contributed by atoms with Crippen LogP contribution in [0.3, 0.4) is 0 Å². The van der Waals surface area contributed by atoms with Crippen molar-refractivity contribution in [2.75, 3.05) is 18.1 Å². The lowest BCUT2D eigenvalue weighted by Crippen LogP contribution is -2.17. The van der Waals surface area contributed by atoms with Gasteiger partial charge >= 0.3 is 0 Å². The Morgan fingerprint density at radius 2 is 2.00 bits per heavy atom. The van der Waals surface area contributed by atoms with E-state index in [0.717, 1.165) is 16.3 Å². The lowest BCUT2D eigenvalue weighted by atomic mass is 10.2. The first kappa shape index (κ1) is 12.4. The third kappa shape index (κ3) is 2.81. The van der Waals surface area contributed by atoms with Crippen molar-refractivity contribution in [2.45, 2.75) is 6.54 Å². The molecule has 0 atom stereocenters. The SMILES string of the molecule is CNC(=O)c1ccc(NCc2sccc2N)cc1. The molecule has 1 aromatic carbocycles. The second-order valence-electron chi connectivity index (χ2n) is 3.81. The molecule has 1 heterocycles. The molecule has 2 rings (SSSR count). The Balaban J connectivity index is 1.98. The van der Waals surface area contributed by atoms with Gasteiger partial charge in [0, 0.05) is 28.9 Å². The fraction of sp³-hybridized carbons (Fsp3) is 0.154. The first-order valence-corrected chi connectivity index (χ1v) is 6.46. The van der Waals surface area contributed by atoms with Crippen molar-refractivity contribution in [3.8, 4) is 0 Å². The highest BCUT2D eigenvalue weighted by Gasteiger charge is 2.03. The smallest absolute Gasteiger partial charge is 0.251 e. The normalized spacial score (nSPS) is 10.1. The molecule has 4 N–H and O–H groups in total. The number of anilines is 2. The fourth-order valence-electron chi connectivity index (χ4n) is 1.56. The Morgan fingerprint density at radius 1 is 1.28 bits per heavy atom. The van der Waals surface area contributed by atoms with Crippen LogP contribution in [0.4, 0.5) is 11.4 Å². The molecular weight excluding hydrogens is 246 g/mol. The van der Waals surface area contributed by atoms with Gasteiger partial charge in [-0.1, -0.05) is 0 Å². The first-order chi connectivity index (χ1) is 8.70. The van der Waals surface area contributed by atoms with Crippen LogP contribution in [0.25, 0.3) is 0 Å². The van der Waals surface area contributed by atoms with Crippen molar-refractivity contribution < 1.29 is 4.79 Å². The molecule has 0 bridgehead atoms. The van der Waals surface area contributed by atoms with Gasteiger partial charge in [-0.15, -0.1) is 11.3 Å². The summed E-state index contributed by atoms with van der Waals surface area (Å²) in [6, 6.07) is 9.25. The quantitative estimate of drug-likeness (QED) is 0.791. The molecule has 0 spiro atoms. The Labute approximate surface area is 110 Å². The van der Waals surface area contributed by atoms with Crippen LogP contribution in [-0.2, 0) is 6.54 Å². The van der Waals surface area contributed by atoms with Gasteiger partial charge in [0.25, 0.3) is 5.91 Å². The third-order valence-electron chi connectivity index (χ3n) is 2.61. The monoisotopic (exact) mass is 261 g/mol. The number of hydrogen-bond donors (Lipinski definition) is 3. The molecule has 0 radical (unpaired) electrons. The Kier molecular flexibility index (Phi) is 3.84. The van der Waals surface area contributed by atoms with Crippen molar-refractivity contribution in [2.24, 2.45) is 0 Å². The number of thiophene rings is 1. The number of rotatable bonds is 4. The molecule has 5 heteroatoms. The maximum Gasteiger partial charge on any atom is 0.251 e. The van der Waals surface area contributed by atoms with Crippen LogP contribution < -0.4 is 16.4 Å². The summed E-state index contributed by atoms with van der Waals surface area (Å²) in [7, 11) is 1.62. The predicted octanol–water partition coefficient (Wildman–Crippen LogP) is 2.30. The Bertz CT molecular complexity index is 533. The van der Waals surface area contributed by atoms with Crippen LogP contribution in [0, 0.1) is 0 Å². The molecule has 94 valence electrons. The number of carbonyl (C=O) groups is 1. The fourth-order valence-corrected chi connectivity index (χ4v) is 2.30. The van der Waals surface area contributed by atoms with Crippen molar-refractivity contribution in [3.05, 3.63) is 46.2 Å². The van der Waals surface area contributed by atoms with E-state index in [4.69, 9.17) is 5.73 Å². The predicted molar refractivity (Wildman–Crippen MR) is 75.9 cm³/mol. The first-order valence-electron chi connectivity index (χ1n) is 5.58. The summed E-state index contributed by atoms with van der Waals surface area (Å²) in [6.45, 7) is 0.697. The van der Waals surface area contributed by atoms with Gasteiger partial charge in [-0.2, -0.15) is 0 Å². The zero-order valence-corrected chi connectivity index (χ0v) is 10.9. The number of benzene rings is 1. The minimum absolute atomic E-state index is 0.0796. The van der Waals surface area contributed by atoms with Gasteiger partial charge < -0.3 is 16.4 Å². The van der Waals surface area contributed by atoms with Crippen LogP contribution in [0.2, 0.25) is 0 Å². The van der Waals surface area contributed by atoms with Gasteiger partial charge in [0.15, 0.2) is 0 Å². The lowest BCUT2D eigenvalue weighted by molar-refractivity contribution is 0.0963. The van der Waals surface area contributed by atoms with Crippen LogP contribution in [0.5, 0.6) is 0 Å². The highest BCUT2D eigenvalue weighted by molar-refractivity contribution is 7.10. The van der Waals surface area contributed by atoms with Crippen LogP contribution in [0.1, 0.15) is 15.2 Å². The molecule has 0 saturated heterocycles. The third-order valence-corrected chi connectivity index (χ3v) is 3.54. The molecule has 4 nitrogen and oxygen atoms in total. The zero-order valence-electron chi connectivity index (χ0n) is 10.1. The highest BCUT2D eigenvalue weighted by atomic mass is 32.1. The molecule has 0 aliphatic heterocycles. The topological polar surface area (TPSA) is 67.2 Å². The summed E-state index contributed by atoms with van der Waals surface area (Å²) < 4.78 is 0. The Hall–Kier alpha value is -2.01. The largest absolute Gasteiger partial charge is 0.398 e. The van der Waals surface area contributed by atoms with Crippen molar-refractivity contribution in [1.29, 1.82) is 0 Å². The molecule has 0 fully saturated rings. The molecule has 1 amide bonds. The second-order valence-corrected chi connectivity index (χ2v) is 4.81. The van der Waals surface area contributed by atoms with Crippen LogP contribution in [-0.4, -0.2) is 13.0 Å². The Morgan fingerprint density at radius 3 is 2.56 bits per heavy atom. The average Bonchev–Trinajstić information content (AvgIpc) is 2.81. The maximum absolute atomic E-state index is 11.4. The number of carbonyl (C=O) groups excluding carboxylic acids is 1. The average molecular weight is 261 g/mol. The van der Waals surface area contributed by atoms with E-state index in [1.54, 1.807) is 30.5 Å². The van der Waals surface area contributed by atoms with E-state index in [1.165, 1.54) is 0 Å². The standard InChI is InChI=1S/C13H15N3OS/c1-15-13(17)9-2-4-10(5-3-9)16-8-12-11(14)6-7-18-12/h2-7,16H,8,14H2,1H3,(H,15,17). The molecule has 0 unspecified atom stereocenters. The lowest BCUT2D eigenvalue weighted by Gasteiger charge is -2.06. The number of hydrogen-bond acceptors (Lipinski definition) is 4. The number of nitrogens with two attached hydrogens (primary N) is 1. The molecule has 1 aromatic heterocycles. The van der Waals surface area contributed by atoms with Crippen molar-refractivity contribution in [3.63, 3.8) is 0 Å². The van der Waals surface area contributed by atoms with E-state index >= 15 is 0 Å². The van der Waals surface area contributed by atoms with E-state index in [1.807, 2.05) is 23.6 Å². The molecule has 0 aliphatic rings. The second kappa shape index (κ2) is 5.55. The summed E-state index contributed by atoms with van der Waals surface area (Å²) in [5.41, 5.74) is 8.24. The van der Waals surface area contributed by atoms with Crippen LogP contribution >= 0.6 is 11.3 Å². The van der Waals surface area contributed by atoms with Crippen LogP contribution in [0.15, 0.2) is 35.7 Å². The zero-order chi connectivity index (χ0) is 13.0. The van der Waals surface area contributed by atoms with E-state index in [9.17, 15) is 4.79 Å². The van der Waals surface area contributed by atoms with Crippen molar-refractivity contribution in [1.82, 2.24) is 5.32 Å². The van der Waals surface area contributed by atoms with E-state index in [0.29, 0.717) is 12.1 Å². The summed E-state index contributed by atoms with van der Waals surface area (Å²) in [4.78, 5) is 12.5. The van der Waals surface area contributed by atoms with Crippen molar-refractivity contribution >= 4 is 28.6 Å². The van der Waals surface area contributed by atoms with E-state index in [2.05, 4.69) is 10.6 Å². The summed E-state index contributed by atoms with van der Waals surface area (Å²) in [6.07, 6.45) is 0. The van der Waals surface area contributed by atoms with Gasteiger partial charge in [0.2, 0.25) is 0 Å². The van der Waals surface area contributed by atoms with Gasteiger partial charge in [-0.3, -0.25) is 4.79 Å². The van der Waals surface area contributed by atoms with E-state index < -0.39 is 0 Å². The number of nitrogens with one attached hydrogen (secondary N) is 2. The van der Waals surface area contributed by atoms with Gasteiger partial charge in [0.05, 0.1) is 6.54 Å². The van der Waals surface area contributed by atoms with E-state index in [-0.39, 0.29) is 5.91 Å². The summed E-state index contributed by atoms with van der Waals surface area (Å²) in [5, 5.41) is 7.83. The molecule has 0 saturated carbocycles. The van der Waals surface area contributed by atoms with Gasteiger partial charge in [0.1, 0.15) is 0 Å². The molecule has 18 heavy (non-hydrogen) atoms. The maximum atomic E-state index is 11.4. The minimum Gasteiger partial charge on any atom is -0.398 e. The molecule has 0 aliphatic carbocycles. The minimum atomic E-state index is -0.0796. The summed E-state index contributed by atoms with van der Waals surface area (Å²) >= 11 is 1.63.